The Morgan fingerprint density at radius 3 is 2.67 bits per heavy atom. The van der Waals surface area contributed by atoms with Crippen molar-refractivity contribution in [1.82, 2.24) is 0 Å². The fraction of sp³-hybridized carbons (Fsp3) is 0. The summed E-state index contributed by atoms with van der Waals surface area (Å²) in [5.41, 5.74) is 0.506. The number of hydrogen-bond acceptors (Lipinski definition) is 2. The van der Waals surface area contributed by atoms with E-state index >= 15 is 0 Å². The third-order valence-electron chi connectivity index (χ3n) is 1.33. The standard InChI is InChI=1S/C8H3BrClNO/c9-6-3-1-2-5(4-11)7(6)8(10)12/h1-3H. The van der Waals surface area contributed by atoms with Crippen molar-refractivity contribution in [3.8, 4) is 6.07 Å². The monoisotopic (exact) mass is 243 g/mol. The smallest absolute Gasteiger partial charge is 0.254 e. The third kappa shape index (κ3) is 1.66. The Hall–Kier alpha value is -0.850. The number of nitrogens with zero attached hydrogens (tertiary/aromatic N) is 1. The molecule has 1 aromatic rings. The van der Waals surface area contributed by atoms with Gasteiger partial charge in [0.25, 0.3) is 5.24 Å². The summed E-state index contributed by atoms with van der Waals surface area (Å²) in [5, 5.41) is 7.98. The predicted octanol–water partition coefficient (Wildman–Crippen LogP) is 2.70. The second-order valence-corrected chi connectivity index (χ2v) is 3.25. The van der Waals surface area contributed by atoms with Crippen molar-refractivity contribution in [1.29, 1.82) is 5.26 Å². The first-order chi connectivity index (χ1) is 5.66. The highest BCUT2D eigenvalue weighted by atomic mass is 79.9. The summed E-state index contributed by atoms with van der Waals surface area (Å²) in [6.45, 7) is 0. The van der Waals surface area contributed by atoms with E-state index in [0.29, 0.717) is 4.47 Å². The van der Waals surface area contributed by atoms with Gasteiger partial charge in [-0.05, 0) is 39.7 Å². The van der Waals surface area contributed by atoms with E-state index < -0.39 is 5.24 Å². The SMILES string of the molecule is N#Cc1cccc(Br)c1C(=O)Cl. The van der Waals surface area contributed by atoms with E-state index in [1.165, 1.54) is 0 Å². The van der Waals surface area contributed by atoms with E-state index in [9.17, 15) is 4.79 Å². The average molecular weight is 244 g/mol. The van der Waals surface area contributed by atoms with E-state index in [2.05, 4.69) is 15.9 Å². The minimum absolute atomic E-state index is 0.224. The summed E-state index contributed by atoms with van der Waals surface area (Å²) >= 11 is 8.40. The number of carbonyl (C=O) groups is 1. The molecule has 4 heteroatoms. The second-order valence-electron chi connectivity index (χ2n) is 2.05. The molecule has 0 amide bonds. The van der Waals surface area contributed by atoms with Crippen LogP contribution in [0.3, 0.4) is 0 Å². The van der Waals surface area contributed by atoms with E-state index in [1.54, 1.807) is 18.2 Å². The summed E-state index contributed by atoms with van der Waals surface area (Å²) in [5.74, 6) is 0. The maximum atomic E-state index is 10.8. The molecule has 0 saturated carbocycles. The quantitative estimate of drug-likeness (QED) is 0.713. The fourth-order valence-corrected chi connectivity index (χ4v) is 1.68. The van der Waals surface area contributed by atoms with Gasteiger partial charge in [0.2, 0.25) is 0 Å². The van der Waals surface area contributed by atoms with Crippen molar-refractivity contribution in [3.05, 3.63) is 33.8 Å². The molecule has 0 spiro atoms. The molecule has 0 saturated heterocycles. The zero-order valence-corrected chi connectivity index (χ0v) is 8.19. The summed E-state index contributed by atoms with van der Waals surface area (Å²) in [6.07, 6.45) is 0. The predicted molar refractivity (Wildman–Crippen MR) is 49.0 cm³/mol. The molecule has 0 unspecified atom stereocenters. The molecule has 0 aromatic heterocycles. The van der Waals surface area contributed by atoms with Crippen molar-refractivity contribution < 1.29 is 4.79 Å². The van der Waals surface area contributed by atoms with Crippen LogP contribution in [-0.2, 0) is 0 Å². The molecule has 0 radical (unpaired) electrons. The molecule has 1 aromatic carbocycles. The van der Waals surface area contributed by atoms with Crippen molar-refractivity contribution >= 4 is 32.8 Å². The lowest BCUT2D eigenvalue weighted by Gasteiger charge is -1.99. The third-order valence-corrected chi connectivity index (χ3v) is 2.18. The number of benzene rings is 1. The molecule has 0 aliphatic rings. The lowest BCUT2D eigenvalue weighted by Crippen LogP contribution is -1.94. The maximum Gasteiger partial charge on any atom is 0.254 e. The minimum Gasteiger partial charge on any atom is -0.276 e. The van der Waals surface area contributed by atoms with E-state index in [0.717, 1.165) is 0 Å². The number of carbonyl (C=O) groups excluding carboxylic acids is 1. The molecule has 0 aliphatic carbocycles. The van der Waals surface area contributed by atoms with Gasteiger partial charge in [-0.1, -0.05) is 6.07 Å². The first-order valence-corrected chi connectivity index (χ1v) is 4.22. The van der Waals surface area contributed by atoms with Crippen LogP contribution in [0.15, 0.2) is 22.7 Å². The summed E-state index contributed by atoms with van der Waals surface area (Å²) in [7, 11) is 0. The Morgan fingerprint density at radius 1 is 1.58 bits per heavy atom. The van der Waals surface area contributed by atoms with E-state index in [4.69, 9.17) is 16.9 Å². The minimum atomic E-state index is -0.626. The van der Waals surface area contributed by atoms with Crippen molar-refractivity contribution in [2.24, 2.45) is 0 Å². The van der Waals surface area contributed by atoms with Crippen LogP contribution in [0.25, 0.3) is 0 Å². The summed E-state index contributed by atoms with van der Waals surface area (Å²) in [4.78, 5) is 10.8. The Kier molecular flexibility index (Phi) is 2.85. The number of halogens is 2. The maximum absolute atomic E-state index is 10.8. The van der Waals surface area contributed by atoms with E-state index in [1.807, 2.05) is 6.07 Å². The van der Waals surface area contributed by atoms with E-state index in [-0.39, 0.29) is 11.1 Å². The molecular formula is C8H3BrClNO. The van der Waals surface area contributed by atoms with Crippen LogP contribution >= 0.6 is 27.5 Å². The van der Waals surface area contributed by atoms with Crippen LogP contribution in [0.2, 0.25) is 0 Å². The largest absolute Gasteiger partial charge is 0.276 e. The molecule has 1 rings (SSSR count). The van der Waals surface area contributed by atoms with Gasteiger partial charge in [0.15, 0.2) is 0 Å². The van der Waals surface area contributed by atoms with Gasteiger partial charge in [-0.15, -0.1) is 0 Å². The number of nitriles is 1. The van der Waals surface area contributed by atoms with Crippen LogP contribution in [-0.4, -0.2) is 5.24 Å². The molecular weight excluding hydrogens is 241 g/mol. The van der Waals surface area contributed by atoms with Crippen LogP contribution < -0.4 is 0 Å². The Balaban J connectivity index is 3.42. The van der Waals surface area contributed by atoms with Gasteiger partial charge in [0.1, 0.15) is 0 Å². The van der Waals surface area contributed by atoms with Gasteiger partial charge in [-0.3, -0.25) is 4.79 Å². The van der Waals surface area contributed by atoms with Crippen LogP contribution in [0.5, 0.6) is 0 Å². The molecule has 60 valence electrons. The lowest BCUT2D eigenvalue weighted by molar-refractivity contribution is 0.108. The zero-order valence-electron chi connectivity index (χ0n) is 5.84. The van der Waals surface area contributed by atoms with Crippen molar-refractivity contribution in [2.75, 3.05) is 0 Å². The highest BCUT2D eigenvalue weighted by Gasteiger charge is 2.11. The topological polar surface area (TPSA) is 40.9 Å². The van der Waals surface area contributed by atoms with Crippen molar-refractivity contribution in [2.45, 2.75) is 0 Å². The Morgan fingerprint density at radius 2 is 2.25 bits per heavy atom. The molecule has 0 fully saturated rings. The van der Waals surface area contributed by atoms with Crippen LogP contribution in [0.1, 0.15) is 15.9 Å². The zero-order chi connectivity index (χ0) is 9.14. The van der Waals surface area contributed by atoms with Crippen LogP contribution in [0.4, 0.5) is 0 Å². The first-order valence-electron chi connectivity index (χ1n) is 3.05. The normalized spacial score (nSPS) is 9.08. The Bertz CT molecular complexity index is 370. The molecule has 0 bridgehead atoms. The van der Waals surface area contributed by atoms with Gasteiger partial charge in [-0.2, -0.15) is 5.26 Å². The lowest BCUT2D eigenvalue weighted by atomic mass is 10.1. The summed E-state index contributed by atoms with van der Waals surface area (Å²) < 4.78 is 0.543. The second kappa shape index (κ2) is 3.70. The average Bonchev–Trinajstić information content (AvgIpc) is 2.03. The van der Waals surface area contributed by atoms with Gasteiger partial charge >= 0.3 is 0 Å². The highest BCUT2D eigenvalue weighted by Crippen LogP contribution is 2.21. The van der Waals surface area contributed by atoms with Crippen LogP contribution in [0, 0.1) is 11.3 Å². The molecule has 12 heavy (non-hydrogen) atoms. The number of hydrogen-bond donors (Lipinski definition) is 0. The number of rotatable bonds is 1. The molecule has 0 atom stereocenters. The van der Waals surface area contributed by atoms with Gasteiger partial charge in [-0.25, -0.2) is 0 Å². The van der Waals surface area contributed by atoms with Crippen molar-refractivity contribution in [3.63, 3.8) is 0 Å². The highest BCUT2D eigenvalue weighted by molar-refractivity contribution is 9.10. The molecule has 2 nitrogen and oxygen atoms in total. The molecule has 0 heterocycles. The van der Waals surface area contributed by atoms with Gasteiger partial charge < -0.3 is 0 Å². The fourth-order valence-electron chi connectivity index (χ4n) is 0.817. The van der Waals surface area contributed by atoms with Gasteiger partial charge in [0, 0.05) is 4.47 Å². The van der Waals surface area contributed by atoms with Gasteiger partial charge in [0.05, 0.1) is 17.2 Å². The summed E-state index contributed by atoms with van der Waals surface area (Å²) in [6, 6.07) is 6.76. The molecule has 0 N–H and O–H groups in total. The Labute approximate surface area is 82.9 Å². The molecule has 0 aliphatic heterocycles. The first kappa shape index (κ1) is 9.24.